The fraction of sp³-hybridized carbons (Fsp3) is 0.500. The molecule has 1 saturated carbocycles. The van der Waals surface area contributed by atoms with E-state index < -0.39 is 5.97 Å². The van der Waals surface area contributed by atoms with E-state index in [1.54, 1.807) is 0 Å². The number of hydrogen-bond donors (Lipinski definition) is 1. The van der Waals surface area contributed by atoms with Gasteiger partial charge in [0, 0.05) is 44.1 Å². The highest BCUT2D eigenvalue weighted by molar-refractivity contribution is 6.33. The van der Waals surface area contributed by atoms with Gasteiger partial charge in [0.15, 0.2) is 0 Å². The molecule has 0 spiro atoms. The van der Waals surface area contributed by atoms with Crippen molar-refractivity contribution >= 4 is 23.4 Å². The first-order chi connectivity index (χ1) is 12.1. The number of nitrogens with zero attached hydrogens (tertiary/aromatic N) is 4. The van der Waals surface area contributed by atoms with Gasteiger partial charge in [0.2, 0.25) is 0 Å². The molecular formula is C18H21ClN4O2. The van der Waals surface area contributed by atoms with Gasteiger partial charge in [0.05, 0.1) is 10.6 Å². The minimum Gasteiger partial charge on any atom is -0.478 e. The Morgan fingerprint density at radius 3 is 2.88 bits per heavy atom. The summed E-state index contributed by atoms with van der Waals surface area (Å²) in [5, 5.41) is 9.45. The van der Waals surface area contributed by atoms with Crippen molar-refractivity contribution in [2.75, 3.05) is 18.0 Å². The molecule has 4 rings (SSSR count). The largest absolute Gasteiger partial charge is 0.478 e. The quantitative estimate of drug-likeness (QED) is 0.884. The Labute approximate surface area is 151 Å². The van der Waals surface area contributed by atoms with Gasteiger partial charge < -0.3 is 14.6 Å². The number of carboxylic acids is 1. The molecule has 7 heteroatoms. The third-order valence-electron chi connectivity index (χ3n) is 5.05. The second kappa shape index (κ2) is 6.67. The Hall–Kier alpha value is -2.08. The number of rotatable bonds is 5. The number of hydrogen-bond acceptors (Lipinski definition) is 4. The first-order valence-electron chi connectivity index (χ1n) is 8.76. The number of halogens is 1. The Kier molecular flexibility index (Phi) is 4.37. The molecule has 0 amide bonds. The van der Waals surface area contributed by atoms with Crippen LogP contribution in [0.25, 0.3) is 0 Å². The Bertz CT molecular complexity index is 787. The number of piperidine rings is 1. The molecule has 1 aliphatic carbocycles. The SMILES string of the molecule is O=C(O)c1cnc(N2CCCC(c3nccn3CC3CC3)C2)c(Cl)c1. The molecule has 2 aromatic heterocycles. The number of aromatic carboxylic acids is 1. The Morgan fingerprint density at radius 1 is 1.32 bits per heavy atom. The molecule has 3 heterocycles. The van der Waals surface area contributed by atoms with Crippen LogP contribution in [0.2, 0.25) is 5.02 Å². The van der Waals surface area contributed by atoms with Crippen molar-refractivity contribution in [3.63, 3.8) is 0 Å². The summed E-state index contributed by atoms with van der Waals surface area (Å²) >= 11 is 6.30. The van der Waals surface area contributed by atoms with Gasteiger partial charge in [-0.3, -0.25) is 0 Å². The molecule has 1 aliphatic heterocycles. The normalized spacial score (nSPS) is 20.7. The summed E-state index contributed by atoms with van der Waals surface area (Å²) in [7, 11) is 0. The van der Waals surface area contributed by atoms with Gasteiger partial charge >= 0.3 is 5.97 Å². The van der Waals surface area contributed by atoms with E-state index in [2.05, 4.69) is 25.6 Å². The molecule has 1 atom stereocenters. The number of imidazole rings is 1. The predicted molar refractivity (Wildman–Crippen MR) is 95.3 cm³/mol. The molecule has 25 heavy (non-hydrogen) atoms. The van der Waals surface area contributed by atoms with Crippen molar-refractivity contribution in [3.05, 3.63) is 41.1 Å². The first-order valence-corrected chi connectivity index (χ1v) is 9.14. The van der Waals surface area contributed by atoms with Crippen molar-refractivity contribution in [3.8, 4) is 0 Å². The highest BCUT2D eigenvalue weighted by atomic mass is 35.5. The summed E-state index contributed by atoms with van der Waals surface area (Å²) in [6.07, 6.45) is 10.1. The van der Waals surface area contributed by atoms with Gasteiger partial charge in [-0.2, -0.15) is 0 Å². The molecule has 0 aromatic carbocycles. The first kappa shape index (κ1) is 16.4. The van der Waals surface area contributed by atoms with Crippen molar-refractivity contribution in [1.29, 1.82) is 0 Å². The smallest absolute Gasteiger partial charge is 0.337 e. The highest BCUT2D eigenvalue weighted by Gasteiger charge is 2.29. The van der Waals surface area contributed by atoms with Crippen molar-refractivity contribution in [2.24, 2.45) is 5.92 Å². The van der Waals surface area contributed by atoms with E-state index >= 15 is 0 Å². The minimum atomic E-state index is -1.01. The Morgan fingerprint density at radius 2 is 2.16 bits per heavy atom. The lowest BCUT2D eigenvalue weighted by Gasteiger charge is -2.34. The van der Waals surface area contributed by atoms with Crippen LogP contribution in [-0.4, -0.2) is 38.7 Å². The Balaban J connectivity index is 1.53. The van der Waals surface area contributed by atoms with Gasteiger partial charge in [-0.1, -0.05) is 11.6 Å². The topological polar surface area (TPSA) is 71.2 Å². The molecule has 0 bridgehead atoms. The standard InChI is InChI=1S/C18H21ClN4O2/c19-15-8-14(18(24)25)9-21-17(15)22-6-1-2-13(11-22)16-20-5-7-23(16)10-12-3-4-12/h5,7-9,12-13H,1-4,6,10-11H2,(H,24,25). The second-order valence-corrected chi connectivity index (χ2v) is 7.41. The van der Waals surface area contributed by atoms with Crippen molar-refractivity contribution in [2.45, 2.75) is 38.1 Å². The summed E-state index contributed by atoms with van der Waals surface area (Å²) < 4.78 is 2.30. The summed E-state index contributed by atoms with van der Waals surface area (Å²) in [5.74, 6) is 1.96. The third-order valence-corrected chi connectivity index (χ3v) is 5.33. The average molecular weight is 361 g/mol. The summed E-state index contributed by atoms with van der Waals surface area (Å²) in [5.41, 5.74) is 0.113. The summed E-state index contributed by atoms with van der Waals surface area (Å²) in [6, 6.07) is 1.48. The molecular weight excluding hydrogens is 340 g/mol. The van der Waals surface area contributed by atoms with E-state index in [1.165, 1.54) is 25.1 Å². The number of anilines is 1. The van der Waals surface area contributed by atoms with Crippen LogP contribution in [0.15, 0.2) is 24.7 Å². The molecule has 0 radical (unpaired) electrons. The van der Waals surface area contributed by atoms with Crippen LogP contribution in [-0.2, 0) is 6.54 Å². The third kappa shape index (κ3) is 3.49. The van der Waals surface area contributed by atoms with Gasteiger partial charge in [0.1, 0.15) is 11.6 Å². The fourth-order valence-electron chi connectivity index (χ4n) is 3.57. The molecule has 6 nitrogen and oxygen atoms in total. The van der Waals surface area contributed by atoms with Crippen molar-refractivity contribution < 1.29 is 9.90 Å². The monoisotopic (exact) mass is 360 g/mol. The maximum atomic E-state index is 11.1. The number of carboxylic acid groups (broad SMARTS) is 1. The number of carbonyl (C=O) groups is 1. The average Bonchev–Trinajstić information content (AvgIpc) is 3.30. The van der Waals surface area contributed by atoms with E-state index in [1.807, 2.05) is 6.20 Å². The molecule has 1 unspecified atom stereocenters. The van der Waals surface area contributed by atoms with Crippen LogP contribution in [0.4, 0.5) is 5.82 Å². The minimum absolute atomic E-state index is 0.113. The molecule has 2 aliphatic rings. The highest BCUT2D eigenvalue weighted by Crippen LogP contribution is 2.34. The van der Waals surface area contributed by atoms with E-state index in [0.717, 1.165) is 44.2 Å². The second-order valence-electron chi connectivity index (χ2n) is 7.00. The summed E-state index contributed by atoms with van der Waals surface area (Å²) in [6.45, 7) is 2.75. The maximum absolute atomic E-state index is 11.1. The maximum Gasteiger partial charge on any atom is 0.337 e. The molecule has 1 N–H and O–H groups in total. The van der Waals surface area contributed by atoms with Crippen molar-refractivity contribution in [1.82, 2.24) is 14.5 Å². The van der Waals surface area contributed by atoms with Gasteiger partial charge in [-0.05, 0) is 37.7 Å². The lowest BCUT2D eigenvalue weighted by Crippen LogP contribution is -2.36. The molecule has 1 saturated heterocycles. The van der Waals surface area contributed by atoms with Crippen LogP contribution < -0.4 is 4.90 Å². The van der Waals surface area contributed by atoms with Crippen LogP contribution >= 0.6 is 11.6 Å². The van der Waals surface area contributed by atoms with Crippen LogP contribution in [0, 0.1) is 5.92 Å². The zero-order chi connectivity index (χ0) is 17.4. The zero-order valence-corrected chi connectivity index (χ0v) is 14.7. The fourth-order valence-corrected chi connectivity index (χ4v) is 3.86. The van der Waals surface area contributed by atoms with Gasteiger partial charge in [0.25, 0.3) is 0 Å². The van der Waals surface area contributed by atoms with Crippen LogP contribution in [0.1, 0.15) is 47.8 Å². The van der Waals surface area contributed by atoms with E-state index in [4.69, 9.17) is 16.7 Å². The van der Waals surface area contributed by atoms with E-state index in [9.17, 15) is 4.79 Å². The molecule has 2 fully saturated rings. The number of pyridine rings is 1. The van der Waals surface area contributed by atoms with Gasteiger partial charge in [-0.25, -0.2) is 14.8 Å². The lowest BCUT2D eigenvalue weighted by atomic mass is 9.97. The molecule has 132 valence electrons. The lowest BCUT2D eigenvalue weighted by molar-refractivity contribution is 0.0696. The van der Waals surface area contributed by atoms with Gasteiger partial charge in [-0.15, -0.1) is 0 Å². The van der Waals surface area contributed by atoms with Crippen LogP contribution in [0.3, 0.4) is 0 Å². The zero-order valence-electron chi connectivity index (χ0n) is 13.9. The van der Waals surface area contributed by atoms with Crippen LogP contribution in [0.5, 0.6) is 0 Å². The predicted octanol–water partition coefficient (Wildman–Crippen LogP) is 3.42. The number of aromatic nitrogens is 3. The van der Waals surface area contributed by atoms with E-state index in [-0.39, 0.29) is 5.56 Å². The molecule has 2 aromatic rings. The summed E-state index contributed by atoms with van der Waals surface area (Å²) in [4.78, 5) is 22.1. The van der Waals surface area contributed by atoms with E-state index in [0.29, 0.717) is 16.8 Å².